The van der Waals surface area contributed by atoms with Crippen LogP contribution in [0.5, 0.6) is 0 Å². The van der Waals surface area contributed by atoms with Gasteiger partial charge in [-0.2, -0.15) is 5.26 Å². The van der Waals surface area contributed by atoms with E-state index in [1.165, 1.54) is 0 Å². The maximum Gasteiger partial charge on any atom is 0.251 e. The Morgan fingerprint density at radius 2 is 2.21 bits per heavy atom. The molecular weight excluding hydrogens is 258 g/mol. The predicted molar refractivity (Wildman–Crippen MR) is 74.0 cm³/mol. The summed E-state index contributed by atoms with van der Waals surface area (Å²) in [5.41, 5.74) is 1.11. The molecule has 0 aliphatic rings. The first-order valence-electron chi connectivity index (χ1n) is 5.88. The van der Waals surface area contributed by atoms with E-state index in [0.717, 1.165) is 5.01 Å². The Labute approximate surface area is 115 Å². The third-order valence-electron chi connectivity index (χ3n) is 2.72. The van der Waals surface area contributed by atoms with Crippen molar-refractivity contribution >= 4 is 17.2 Å². The van der Waals surface area contributed by atoms with Crippen molar-refractivity contribution in [1.29, 1.82) is 5.26 Å². The zero-order valence-corrected chi connectivity index (χ0v) is 11.3. The fourth-order valence-corrected chi connectivity index (χ4v) is 2.31. The van der Waals surface area contributed by atoms with Gasteiger partial charge in [0.05, 0.1) is 16.6 Å². The Bertz CT molecular complexity index is 584. The lowest BCUT2D eigenvalue weighted by atomic mass is 10.1. The molecule has 1 aromatic carbocycles. The molecule has 0 bridgehead atoms. The zero-order chi connectivity index (χ0) is 13.7. The van der Waals surface area contributed by atoms with Crippen LogP contribution < -0.4 is 5.32 Å². The number of nitrogens with one attached hydrogen (secondary N) is 1. The summed E-state index contributed by atoms with van der Waals surface area (Å²) in [6, 6.07) is 8.61. The molecule has 19 heavy (non-hydrogen) atoms. The van der Waals surface area contributed by atoms with Crippen molar-refractivity contribution in [1.82, 2.24) is 10.3 Å². The highest BCUT2D eigenvalue weighted by Gasteiger charge is 2.11. The minimum Gasteiger partial charge on any atom is -0.351 e. The number of rotatable bonds is 4. The number of carbonyl (C=O) groups excluding carboxylic acids is 1. The Balaban J connectivity index is 1.92. The lowest BCUT2D eigenvalue weighted by Gasteiger charge is -2.10. The number of hydrogen-bond donors (Lipinski definition) is 1. The first-order valence-corrected chi connectivity index (χ1v) is 6.76. The molecule has 1 atom stereocenters. The minimum atomic E-state index is -0.132. The predicted octanol–water partition coefficient (Wildman–Crippen LogP) is 2.55. The molecule has 1 N–H and O–H groups in total. The van der Waals surface area contributed by atoms with Crippen LogP contribution in [-0.2, 0) is 0 Å². The van der Waals surface area contributed by atoms with Crippen LogP contribution in [0, 0.1) is 11.3 Å². The number of aromatic nitrogens is 1. The standard InChI is InChI=1S/C14H13N3OS/c1-10(14-16-6-7-19-14)9-17-13(18)12-4-2-11(8-15)3-5-12/h2-7,10H,9H2,1H3,(H,17,18). The van der Waals surface area contributed by atoms with E-state index < -0.39 is 0 Å². The largest absolute Gasteiger partial charge is 0.351 e. The molecule has 0 fully saturated rings. The van der Waals surface area contributed by atoms with Gasteiger partial charge >= 0.3 is 0 Å². The van der Waals surface area contributed by atoms with Crippen molar-refractivity contribution in [2.75, 3.05) is 6.54 Å². The second-order valence-electron chi connectivity index (χ2n) is 4.17. The van der Waals surface area contributed by atoms with E-state index in [9.17, 15) is 4.79 Å². The van der Waals surface area contributed by atoms with Crippen molar-refractivity contribution in [3.63, 3.8) is 0 Å². The summed E-state index contributed by atoms with van der Waals surface area (Å²) >= 11 is 1.58. The highest BCUT2D eigenvalue weighted by atomic mass is 32.1. The molecule has 96 valence electrons. The summed E-state index contributed by atoms with van der Waals surface area (Å²) in [5, 5.41) is 14.5. The lowest BCUT2D eigenvalue weighted by molar-refractivity contribution is 0.0951. The number of benzene rings is 1. The first-order chi connectivity index (χ1) is 9.20. The van der Waals surface area contributed by atoms with Gasteiger partial charge in [0.15, 0.2) is 0 Å². The number of nitrogens with zero attached hydrogens (tertiary/aromatic N) is 2. The summed E-state index contributed by atoms with van der Waals surface area (Å²) in [6.07, 6.45) is 1.76. The van der Waals surface area contributed by atoms with E-state index in [-0.39, 0.29) is 11.8 Å². The molecule has 2 rings (SSSR count). The summed E-state index contributed by atoms with van der Waals surface area (Å²) in [7, 11) is 0. The van der Waals surface area contributed by atoms with Gasteiger partial charge in [-0.25, -0.2) is 4.98 Å². The van der Waals surface area contributed by atoms with Gasteiger partial charge in [0.2, 0.25) is 0 Å². The molecule has 1 aromatic heterocycles. The average molecular weight is 271 g/mol. The van der Waals surface area contributed by atoms with Crippen LogP contribution in [0.15, 0.2) is 35.8 Å². The van der Waals surface area contributed by atoms with Crippen molar-refractivity contribution in [3.8, 4) is 6.07 Å². The van der Waals surface area contributed by atoms with Crippen LogP contribution in [0.2, 0.25) is 0 Å². The Morgan fingerprint density at radius 3 is 2.79 bits per heavy atom. The number of amides is 1. The topological polar surface area (TPSA) is 65.8 Å². The molecule has 0 aliphatic carbocycles. The van der Waals surface area contributed by atoms with E-state index in [1.54, 1.807) is 41.8 Å². The molecule has 0 spiro atoms. The lowest BCUT2D eigenvalue weighted by Crippen LogP contribution is -2.27. The minimum absolute atomic E-state index is 0.132. The zero-order valence-electron chi connectivity index (χ0n) is 10.5. The Morgan fingerprint density at radius 1 is 1.47 bits per heavy atom. The molecule has 0 saturated heterocycles. The van der Waals surface area contributed by atoms with E-state index in [1.807, 2.05) is 18.4 Å². The van der Waals surface area contributed by atoms with Crippen molar-refractivity contribution in [2.24, 2.45) is 0 Å². The summed E-state index contributed by atoms with van der Waals surface area (Å²) in [6.45, 7) is 2.57. The van der Waals surface area contributed by atoms with E-state index in [4.69, 9.17) is 5.26 Å². The molecule has 2 aromatic rings. The van der Waals surface area contributed by atoms with Crippen LogP contribution >= 0.6 is 11.3 Å². The normalized spacial score (nSPS) is 11.6. The van der Waals surface area contributed by atoms with Crippen LogP contribution in [0.25, 0.3) is 0 Å². The van der Waals surface area contributed by atoms with Crippen molar-refractivity contribution < 1.29 is 4.79 Å². The monoisotopic (exact) mass is 271 g/mol. The fourth-order valence-electron chi connectivity index (χ4n) is 1.61. The van der Waals surface area contributed by atoms with Crippen LogP contribution in [-0.4, -0.2) is 17.4 Å². The molecule has 1 unspecified atom stereocenters. The number of hydrogen-bond acceptors (Lipinski definition) is 4. The number of thiazole rings is 1. The maximum absolute atomic E-state index is 11.9. The van der Waals surface area contributed by atoms with Crippen LogP contribution in [0.1, 0.15) is 33.8 Å². The smallest absolute Gasteiger partial charge is 0.251 e. The van der Waals surface area contributed by atoms with E-state index >= 15 is 0 Å². The van der Waals surface area contributed by atoms with Gasteiger partial charge in [0.1, 0.15) is 0 Å². The van der Waals surface area contributed by atoms with Crippen molar-refractivity contribution in [3.05, 3.63) is 52.0 Å². The average Bonchev–Trinajstić information content (AvgIpc) is 2.98. The van der Waals surface area contributed by atoms with Gasteiger partial charge in [-0.1, -0.05) is 6.92 Å². The molecule has 0 saturated carbocycles. The molecular formula is C14H13N3OS. The van der Waals surface area contributed by atoms with E-state index in [0.29, 0.717) is 17.7 Å². The second-order valence-corrected chi connectivity index (χ2v) is 5.10. The van der Waals surface area contributed by atoms with E-state index in [2.05, 4.69) is 10.3 Å². The molecule has 4 nitrogen and oxygen atoms in total. The summed E-state index contributed by atoms with van der Waals surface area (Å²) in [5.74, 6) is 0.0650. The van der Waals surface area contributed by atoms with Crippen molar-refractivity contribution in [2.45, 2.75) is 12.8 Å². The SMILES string of the molecule is CC(CNC(=O)c1ccc(C#N)cc1)c1nccs1. The second kappa shape index (κ2) is 6.12. The Kier molecular flexibility index (Phi) is 4.26. The highest BCUT2D eigenvalue weighted by Crippen LogP contribution is 2.16. The first kappa shape index (κ1) is 13.2. The summed E-state index contributed by atoms with van der Waals surface area (Å²) in [4.78, 5) is 16.1. The molecule has 0 aliphatic heterocycles. The Hall–Kier alpha value is -2.19. The van der Waals surface area contributed by atoms with Crippen LogP contribution in [0.3, 0.4) is 0 Å². The fraction of sp³-hybridized carbons (Fsp3) is 0.214. The third-order valence-corrected chi connectivity index (χ3v) is 3.73. The van der Waals surface area contributed by atoms with Gasteiger partial charge < -0.3 is 5.32 Å². The van der Waals surface area contributed by atoms with Gasteiger partial charge in [-0.15, -0.1) is 11.3 Å². The maximum atomic E-state index is 11.9. The molecule has 1 heterocycles. The van der Waals surface area contributed by atoms with Crippen LogP contribution in [0.4, 0.5) is 0 Å². The quantitative estimate of drug-likeness (QED) is 0.929. The molecule has 5 heteroatoms. The van der Waals surface area contributed by atoms with Gasteiger partial charge in [-0.3, -0.25) is 4.79 Å². The van der Waals surface area contributed by atoms with Gasteiger partial charge in [0, 0.05) is 29.6 Å². The van der Waals surface area contributed by atoms with Gasteiger partial charge in [0.25, 0.3) is 5.91 Å². The van der Waals surface area contributed by atoms with Gasteiger partial charge in [-0.05, 0) is 24.3 Å². The molecule has 0 radical (unpaired) electrons. The third kappa shape index (κ3) is 3.39. The summed E-state index contributed by atoms with van der Waals surface area (Å²) < 4.78 is 0. The number of nitriles is 1. The number of carbonyl (C=O) groups is 1. The molecule has 1 amide bonds. The highest BCUT2D eigenvalue weighted by molar-refractivity contribution is 7.09.